The van der Waals surface area contributed by atoms with E-state index in [2.05, 4.69) is 5.16 Å². The molecule has 1 aliphatic heterocycles. The molecule has 2 aromatic rings. The van der Waals surface area contributed by atoms with Crippen molar-refractivity contribution in [3.8, 4) is 5.75 Å². The molecule has 130 valence electrons. The second kappa shape index (κ2) is 6.74. The molecule has 1 saturated heterocycles. The first-order chi connectivity index (χ1) is 11.5. The summed E-state index contributed by atoms with van der Waals surface area (Å²) in [4.78, 5) is 0.149. The molecule has 0 aliphatic carbocycles. The van der Waals surface area contributed by atoms with Gasteiger partial charge in [0.15, 0.2) is 5.76 Å². The minimum atomic E-state index is -3.68. The van der Waals surface area contributed by atoms with Gasteiger partial charge in [-0.3, -0.25) is 0 Å². The van der Waals surface area contributed by atoms with Crippen molar-refractivity contribution >= 4 is 21.6 Å². The Morgan fingerprint density at radius 3 is 2.83 bits per heavy atom. The fourth-order valence-corrected chi connectivity index (χ4v) is 4.92. The van der Waals surface area contributed by atoms with Gasteiger partial charge >= 0.3 is 0 Å². The number of aryl methyl sites for hydroxylation is 1. The van der Waals surface area contributed by atoms with Gasteiger partial charge in [-0.25, -0.2) is 8.42 Å². The summed E-state index contributed by atoms with van der Waals surface area (Å²) in [5.41, 5.74) is 0.821. The molecule has 0 amide bonds. The van der Waals surface area contributed by atoms with Crippen molar-refractivity contribution in [2.45, 2.75) is 37.1 Å². The summed E-state index contributed by atoms with van der Waals surface area (Å²) in [5, 5.41) is 4.24. The molecule has 1 aromatic carbocycles. The Morgan fingerprint density at radius 2 is 2.21 bits per heavy atom. The van der Waals surface area contributed by atoms with Crippen LogP contribution in [0.25, 0.3) is 0 Å². The minimum absolute atomic E-state index is 0.149. The van der Waals surface area contributed by atoms with Gasteiger partial charge in [0.05, 0.1) is 28.8 Å². The molecule has 8 heteroatoms. The fourth-order valence-electron chi connectivity index (χ4n) is 2.91. The van der Waals surface area contributed by atoms with Crippen molar-refractivity contribution in [3.63, 3.8) is 0 Å². The van der Waals surface area contributed by atoms with Crippen molar-refractivity contribution in [2.75, 3.05) is 13.7 Å². The number of ether oxygens (including phenoxy) is 1. The largest absolute Gasteiger partial charge is 0.495 e. The normalized spacial score (nSPS) is 18.9. The molecule has 0 saturated carbocycles. The number of benzene rings is 1. The van der Waals surface area contributed by atoms with Crippen LogP contribution in [0.4, 0.5) is 0 Å². The number of rotatable bonds is 5. The summed E-state index contributed by atoms with van der Waals surface area (Å²) in [7, 11) is -2.19. The Hall–Kier alpha value is -1.57. The number of hydrogen-bond donors (Lipinski definition) is 0. The lowest BCUT2D eigenvalue weighted by molar-refractivity contribution is 0.296. The quantitative estimate of drug-likeness (QED) is 0.806. The molecule has 6 nitrogen and oxygen atoms in total. The van der Waals surface area contributed by atoms with Gasteiger partial charge in [0, 0.05) is 12.6 Å². The summed E-state index contributed by atoms with van der Waals surface area (Å²) in [6, 6.07) is 5.99. The summed E-state index contributed by atoms with van der Waals surface area (Å²) in [6.45, 7) is 2.42. The molecule has 0 bridgehead atoms. The summed E-state index contributed by atoms with van der Waals surface area (Å²) in [6.07, 6.45) is 2.23. The number of halogens is 1. The second-order valence-corrected chi connectivity index (χ2v) is 7.94. The van der Waals surface area contributed by atoms with Gasteiger partial charge < -0.3 is 9.26 Å². The van der Waals surface area contributed by atoms with E-state index < -0.39 is 10.0 Å². The monoisotopic (exact) mass is 370 g/mol. The van der Waals surface area contributed by atoms with Crippen LogP contribution in [-0.4, -0.2) is 31.5 Å². The van der Waals surface area contributed by atoms with E-state index in [0.717, 1.165) is 18.5 Å². The molecule has 24 heavy (non-hydrogen) atoms. The van der Waals surface area contributed by atoms with Crippen LogP contribution in [0.15, 0.2) is 33.7 Å². The first-order valence-electron chi connectivity index (χ1n) is 7.78. The van der Waals surface area contributed by atoms with Crippen LogP contribution in [-0.2, 0) is 16.4 Å². The highest BCUT2D eigenvalue weighted by Gasteiger charge is 2.38. The number of methoxy groups -OCH3 is 1. The predicted octanol–water partition coefficient (Wildman–Crippen LogP) is 3.42. The Balaban J connectivity index is 1.94. The zero-order valence-corrected chi connectivity index (χ0v) is 15.1. The number of sulfonamides is 1. The van der Waals surface area contributed by atoms with E-state index in [1.807, 2.05) is 13.0 Å². The van der Waals surface area contributed by atoms with E-state index in [1.54, 1.807) is 6.07 Å². The topological polar surface area (TPSA) is 72.6 Å². The Kier molecular flexibility index (Phi) is 4.85. The van der Waals surface area contributed by atoms with E-state index in [4.69, 9.17) is 20.9 Å². The second-order valence-electron chi connectivity index (χ2n) is 5.64. The lowest BCUT2D eigenvalue weighted by Crippen LogP contribution is -2.30. The van der Waals surface area contributed by atoms with Gasteiger partial charge in [-0.15, -0.1) is 0 Å². The lowest BCUT2D eigenvalue weighted by atomic mass is 10.1. The first kappa shape index (κ1) is 17.3. The number of hydrogen-bond acceptors (Lipinski definition) is 5. The maximum atomic E-state index is 13.0. The molecule has 1 aliphatic rings. The van der Waals surface area contributed by atoms with E-state index >= 15 is 0 Å². The van der Waals surface area contributed by atoms with Crippen molar-refractivity contribution in [1.82, 2.24) is 9.46 Å². The van der Waals surface area contributed by atoms with Gasteiger partial charge in [-0.2, -0.15) is 4.31 Å². The molecular weight excluding hydrogens is 352 g/mol. The minimum Gasteiger partial charge on any atom is -0.495 e. The smallest absolute Gasteiger partial charge is 0.243 e. The highest BCUT2D eigenvalue weighted by Crippen LogP contribution is 2.38. The van der Waals surface area contributed by atoms with Crippen LogP contribution >= 0.6 is 11.6 Å². The van der Waals surface area contributed by atoms with E-state index in [1.165, 1.54) is 23.5 Å². The van der Waals surface area contributed by atoms with E-state index in [9.17, 15) is 8.42 Å². The van der Waals surface area contributed by atoms with Crippen LogP contribution in [0.5, 0.6) is 5.75 Å². The van der Waals surface area contributed by atoms with Crippen LogP contribution < -0.4 is 4.74 Å². The number of nitrogens with zero attached hydrogens (tertiary/aromatic N) is 2. The standard InChI is InChI=1S/C16H19ClN2O4S/c1-3-11-9-16(23-18-11)14-5-4-8-19(14)24(20,21)12-6-7-15(22-2)13(17)10-12/h6-7,9-10,14H,3-5,8H2,1-2H3/t14-/m1/s1. The van der Waals surface area contributed by atoms with Gasteiger partial charge in [0.25, 0.3) is 0 Å². The van der Waals surface area contributed by atoms with Crippen molar-refractivity contribution in [1.29, 1.82) is 0 Å². The average Bonchev–Trinajstić information content (AvgIpc) is 3.23. The zero-order chi connectivity index (χ0) is 17.3. The molecule has 0 unspecified atom stereocenters. The molecular formula is C16H19ClN2O4S. The Morgan fingerprint density at radius 1 is 1.42 bits per heavy atom. The van der Waals surface area contributed by atoms with Crippen molar-refractivity contribution in [2.24, 2.45) is 0 Å². The van der Waals surface area contributed by atoms with Crippen LogP contribution in [0.2, 0.25) is 5.02 Å². The predicted molar refractivity (Wildman–Crippen MR) is 89.8 cm³/mol. The molecule has 2 heterocycles. The van der Waals surface area contributed by atoms with Gasteiger partial charge in [-0.05, 0) is 37.5 Å². The third kappa shape index (κ3) is 3.03. The van der Waals surface area contributed by atoms with Crippen molar-refractivity contribution in [3.05, 3.63) is 40.7 Å². The summed E-state index contributed by atoms with van der Waals surface area (Å²) < 4.78 is 37.9. The SMILES string of the molecule is CCc1cc([C@H]2CCCN2S(=O)(=O)c2ccc(OC)c(Cl)c2)on1. The van der Waals surface area contributed by atoms with Crippen LogP contribution in [0.1, 0.15) is 37.3 Å². The molecule has 3 rings (SSSR count). The van der Waals surface area contributed by atoms with E-state index in [-0.39, 0.29) is 16.0 Å². The Bertz CT molecular complexity index is 834. The van der Waals surface area contributed by atoms with Gasteiger partial charge in [0.2, 0.25) is 10.0 Å². The molecule has 1 atom stereocenters. The third-order valence-corrected chi connectivity index (χ3v) is 6.40. The average molecular weight is 371 g/mol. The third-order valence-electron chi connectivity index (χ3n) is 4.20. The lowest BCUT2D eigenvalue weighted by Gasteiger charge is -2.22. The first-order valence-corrected chi connectivity index (χ1v) is 9.60. The molecule has 0 radical (unpaired) electrons. The molecule has 0 N–H and O–H groups in total. The summed E-state index contributed by atoms with van der Waals surface area (Å²) in [5.74, 6) is 1.03. The Labute approximate surface area is 146 Å². The van der Waals surface area contributed by atoms with Gasteiger partial charge in [0.1, 0.15) is 5.75 Å². The number of aromatic nitrogens is 1. The zero-order valence-electron chi connectivity index (χ0n) is 13.5. The fraction of sp³-hybridized carbons (Fsp3) is 0.438. The highest BCUT2D eigenvalue weighted by atomic mass is 35.5. The maximum absolute atomic E-state index is 13.0. The van der Waals surface area contributed by atoms with Crippen LogP contribution in [0, 0.1) is 0 Å². The molecule has 0 spiro atoms. The maximum Gasteiger partial charge on any atom is 0.243 e. The highest BCUT2D eigenvalue weighted by molar-refractivity contribution is 7.89. The van der Waals surface area contributed by atoms with Gasteiger partial charge in [-0.1, -0.05) is 23.7 Å². The molecule has 1 aromatic heterocycles. The van der Waals surface area contributed by atoms with E-state index in [0.29, 0.717) is 24.5 Å². The van der Waals surface area contributed by atoms with Crippen LogP contribution in [0.3, 0.4) is 0 Å². The van der Waals surface area contributed by atoms with Crippen molar-refractivity contribution < 1.29 is 17.7 Å². The molecule has 1 fully saturated rings. The summed E-state index contributed by atoms with van der Waals surface area (Å²) >= 11 is 6.08.